The summed E-state index contributed by atoms with van der Waals surface area (Å²) in [7, 11) is 0. The van der Waals surface area contributed by atoms with Crippen molar-refractivity contribution in [1.82, 2.24) is 19.9 Å². The molecular weight excluding hydrogens is 318 g/mol. The van der Waals surface area contributed by atoms with E-state index in [9.17, 15) is 0 Å². The van der Waals surface area contributed by atoms with Gasteiger partial charge < -0.3 is 14.4 Å². The van der Waals surface area contributed by atoms with Crippen LogP contribution in [0, 0.1) is 0 Å². The number of rotatable bonds is 4. The molecule has 1 spiro atoms. The minimum atomic E-state index is -0.190. The predicted molar refractivity (Wildman–Crippen MR) is 92.6 cm³/mol. The van der Waals surface area contributed by atoms with Gasteiger partial charge in [-0.3, -0.25) is 0 Å². The number of hydrogen-bond acceptors (Lipinski definition) is 7. The average molecular weight is 341 g/mol. The van der Waals surface area contributed by atoms with Crippen LogP contribution in [-0.2, 0) is 11.2 Å². The van der Waals surface area contributed by atoms with E-state index in [1.54, 1.807) is 18.5 Å². The van der Waals surface area contributed by atoms with Crippen LogP contribution >= 0.6 is 0 Å². The summed E-state index contributed by atoms with van der Waals surface area (Å²) in [5, 5.41) is 0. The molecule has 0 N–H and O–H groups in total. The van der Waals surface area contributed by atoms with Crippen LogP contribution < -0.4 is 9.64 Å². The smallest absolute Gasteiger partial charge is 0.316 e. The lowest BCUT2D eigenvalue weighted by molar-refractivity contribution is -0.00859. The summed E-state index contributed by atoms with van der Waals surface area (Å²) in [5.74, 6) is 0.788. The van der Waals surface area contributed by atoms with Gasteiger partial charge in [-0.1, -0.05) is 6.92 Å². The molecule has 25 heavy (non-hydrogen) atoms. The topological polar surface area (TPSA) is 73.3 Å². The van der Waals surface area contributed by atoms with E-state index in [1.165, 1.54) is 0 Å². The van der Waals surface area contributed by atoms with Gasteiger partial charge in [0.1, 0.15) is 6.10 Å². The standard InChI is InChI=1S/C18H23N5O2/c1-2-14-10-21-16(22-11-14)23-8-3-5-18(13-23)9-15(12-24-18)25-17-19-6-4-7-20-17/h4,6-7,10-11,15H,2-3,5,8-9,12-13H2,1H3/t15-,18-/m1/s1. The van der Waals surface area contributed by atoms with E-state index in [2.05, 4.69) is 31.8 Å². The number of nitrogens with zero attached hydrogens (tertiary/aromatic N) is 5. The fraction of sp³-hybridized carbons (Fsp3) is 0.556. The highest BCUT2D eigenvalue weighted by Crippen LogP contribution is 2.36. The van der Waals surface area contributed by atoms with Gasteiger partial charge >= 0.3 is 6.01 Å². The number of piperidine rings is 1. The first kappa shape index (κ1) is 16.2. The van der Waals surface area contributed by atoms with Crippen molar-refractivity contribution in [2.24, 2.45) is 0 Å². The summed E-state index contributed by atoms with van der Waals surface area (Å²) >= 11 is 0. The monoisotopic (exact) mass is 341 g/mol. The van der Waals surface area contributed by atoms with Gasteiger partial charge in [-0.25, -0.2) is 19.9 Å². The fourth-order valence-corrected chi connectivity index (χ4v) is 3.62. The van der Waals surface area contributed by atoms with Gasteiger partial charge in [0.05, 0.1) is 12.2 Å². The Balaban J connectivity index is 1.42. The Bertz CT molecular complexity index is 696. The summed E-state index contributed by atoms with van der Waals surface area (Å²) in [6, 6.07) is 2.20. The first-order valence-corrected chi connectivity index (χ1v) is 8.90. The van der Waals surface area contributed by atoms with Crippen molar-refractivity contribution in [3.63, 3.8) is 0 Å². The van der Waals surface area contributed by atoms with Gasteiger partial charge in [-0.2, -0.15) is 0 Å². The van der Waals surface area contributed by atoms with E-state index in [0.29, 0.717) is 12.6 Å². The zero-order valence-electron chi connectivity index (χ0n) is 14.5. The fourth-order valence-electron chi connectivity index (χ4n) is 3.62. The molecule has 132 valence electrons. The Labute approximate surface area is 147 Å². The molecule has 4 rings (SSSR count). The van der Waals surface area contributed by atoms with E-state index in [0.717, 1.165) is 50.3 Å². The maximum atomic E-state index is 6.19. The van der Waals surface area contributed by atoms with E-state index < -0.39 is 0 Å². The maximum Gasteiger partial charge on any atom is 0.316 e. The van der Waals surface area contributed by atoms with Gasteiger partial charge in [0.15, 0.2) is 0 Å². The van der Waals surface area contributed by atoms with Crippen molar-refractivity contribution < 1.29 is 9.47 Å². The SMILES string of the molecule is CCc1cnc(N2CCC[C@@]3(C[C@@H](Oc4ncccn4)CO3)C2)nc1. The molecule has 7 heteroatoms. The zero-order chi connectivity index (χ0) is 17.1. The third-order valence-corrected chi connectivity index (χ3v) is 4.91. The van der Waals surface area contributed by atoms with Crippen molar-refractivity contribution in [1.29, 1.82) is 0 Å². The van der Waals surface area contributed by atoms with Crippen molar-refractivity contribution in [3.05, 3.63) is 36.4 Å². The minimum absolute atomic E-state index is 0.00858. The third kappa shape index (κ3) is 3.56. The van der Waals surface area contributed by atoms with E-state index in [1.807, 2.05) is 12.4 Å². The van der Waals surface area contributed by atoms with Crippen LogP contribution in [0.1, 0.15) is 31.7 Å². The molecule has 0 radical (unpaired) electrons. The molecule has 0 bridgehead atoms. The number of anilines is 1. The van der Waals surface area contributed by atoms with Gasteiger partial charge in [-0.05, 0) is 30.9 Å². The Kier molecular flexibility index (Phi) is 4.48. The number of hydrogen-bond donors (Lipinski definition) is 0. The molecule has 2 fully saturated rings. The molecule has 2 saturated heterocycles. The Hall–Kier alpha value is -2.28. The Morgan fingerprint density at radius 3 is 2.80 bits per heavy atom. The second kappa shape index (κ2) is 6.92. The van der Waals surface area contributed by atoms with Gasteiger partial charge in [0, 0.05) is 44.3 Å². The van der Waals surface area contributed by atoms with Crippen LogP contribution in [0.3, 0.4) is 0 Å². The highest BCUT2D eigenvalue weighted by atomic mass is 16.6. The van der Waals surface area contributed by atoms with Crippen LogP contribution in [0.4, 0.5) is 5.95 Å². The molecule has 0 amide bonds. The van der Waals surface area contributed by atoms with Crippen molar-refractivity contribution in [2.45, 2.75) is 44.3 Å². The first-order valence-electron chi connectivity index (χ1n) is 8.90. The van der Waals surface area contributed by atoms with Crippen LogP contribution in [0.25, 0.3) is 0 Å². The van der Waals surface area contributed by atoms with Crippen molar-refractivity contribution in [2.75, 3.05) is 24.6 Å². The highest BCUT2D eigenvalue weighted by Gasteiger charge is 2.45. The number of aryl methyl sites for hydroxylation is 1. The first-order chi connectivity index (χ1) is 12.3. The van der Waals surface area contributed by atoms with Crippen LogP contribution in [-0.4, -0.2) is 51.3 Å². The van der Waals surface area contributed by atoms with Crippen LogP contribution in [0.2, 0.25) is 0 Å². The molecular formula is C18H23N5O2. The van der Waals surface area contributed by atoms with Crippen molar-refractivity contribution >= 4 is 5.95 Å². The number of aromatic nitrogens is 4. The van der Waals surface area contributed by atoms with E-state index in [4.69, 9.17) is 9.47 Å². The Morgan fingerprint density at radius 1 is 1.24 bits per heavy atom. The second-order valence-corrected chi connectivity index (χ2v) is 6.74. The van der Waals surface area contributed by atoms with Crippen LogP contribution in [0.5, 0.6) is 6.01 Å². The third-order valence-electron chi connectivity index (χ3n) is 4.91. The van der Waals surface area contributed by atoms with Crippen molar-refractivity contribution in [3.8, 4) is 6.01 Å². The average Bonchev–Trinajstić information content (AvgIpc) is 3.04. The molecule has 0 unspecified atom stereocenters. The van der Waals surface area contributed by atoms with Crippen LogP contribution in [0.15, 0.2) is 30.9 Å². The molecule has 2 atom stereocenters. The molecule has 2 aromatic rings. The molecule has 0 aliphatic carbocycles. The second-order valence-electron chi connectivity index (χ2n) is 6.74. The summed E-state index contributed by atoms with van der Waals surface area (Å²) in [4.78, 5) is 19.5. The lowest BCUT2D eigenvalue weighted by Gasteiger charge is -2.39. The lowest BCUT2D eigenvalue weighted by Crippen LogP contribution is -2.48. The molecule has 2 aliphatic rings. The summed E-state index contributed by atoms with van der Waals surface area (Å²) in [6.07, 6.45) is 11.1. The molecule has 2 aromatic heterocycles. The van der Waals surface area contributed by atoms with Gasteiger partial charge in [-0.15, -0.1) is 0 Å². The normalized spacial score (nSPS) is 26.1. The zero-order valence-corrected chi connectivity index (χ0v) is 14.5. The summed E-state index contributed by atoms with van der Waals surface area (Å²) in [6.45, 7) is 4.44. The maximum absolute atomic E-state index is 6.19. The minimum Gasteiger partial charge on any atom is -0.458 e. The highest BCUT2D eigenvalue weighted by molar-refractivity contribution is 5.32. The molecule has 4 heterocycles. The van der Waals surface area contributed by atoms with E-state index >= 15 is 0 Å². The van der Waals surface area contributed by atoms with Gasteiger partial charge in [0.2, 0.25) is 5.95 Å². The molecule has 0 saturated carbocycles. The lowest BCUT2D eigenvalue weighted by atomic mass is 9.89. The molecule has 0 aromatic carbocycles. The Morgan fingerprint density at radius 2 is 2.04 bits per heavy atom. The largest absolute Gasteiger partial charge is 0.458 e. The summed E-state index contributed by atoms with van der Waals surface area (Å²) < 4.78 is 12.1. The summed E-state index contributed by atoms with van der Waals surface area (Å²) in [5.41, 5.74) is 0.966. The molecule has 2 aliphatic heterocycles. The van der Waals surface area contributed by atoms with E-state index in [-0.39, 0.29) is 11.7 Å². The quantitative estimate of drug-likeness (QED) is 0.842. The molecule has 7 nitrogen and oxygen atoms in total. The number of ether oxygens (including phenoxy) is 2. The predicted octanol–water partition coefficient (Wildman–Crippen LogP) is 2.04. The van der Waals surface area contributed by atoms with Gasteiger partial charge in [0.25, 0.3) is 0 Å².